The molecule has 0 aliphatic heterocycles. The highest BCUT2D eigenvalue weighted by Gasteiger charge is 2.21. The van der Waals surface area contributed by atoms with E-state index in [-0.39, 0.29) is 0 Å². The third kappa shape index (κ3) is 4.73. The van der Waals surface area contributed by atoms with Gasteiger partial charge < -0.3 is 19.9 Å². The number of ether oxygens (including phenoxy) is 2. The molecule has 2 N–H and O–H groups in total. The van der Waals surface area contributed by atoms with E-state index in [4.69, 9.17) is 9.47 Å². The quantitative estimate of drug-likeness (QED) is 0.756. The minimum Gasteiger partial charge on any atom is -0.495 e. The van der Waals surface area contributed by atoms with Crippen LogP contribution in [0.1, 0.15) is 18.4 Å². The molecule has 4 heteroatoms. The van der Waals surface area contributed by atoms with Crippen LogP contribution in [0, 0.1) is 12.8 Å². The van der Waals surface area contributed by atoms with Crippen LogP contribution < -0.4 is 10.1 Å². The Kier molecular flexibility index (Phi) is 5.05. The lowest BCUT2D eigenvalue weighted by atomic mass is 10.2. The largest absolute Gasteiger partial charge is 0.495 e. The number of benzene rings is 1. The fourth-order valence-corrected chi connectivity index (χ4v) is 1.90. The van der Waals surface area contributed by atoms with E-state index in [0.29, 0.717) is 13.2 Å². The first-order valence-electron chi connectivity index (χ1n) is 6.83. The van der Waals surface area contributed by atoms with Gasteiger partial charge in [0.1, 0.15) is 5.75 Å². The topological polar surface area (TPSA) is 50.7 Å². The minimum atomic E-state index is -0.496. The Morgan fingerprint density at radius 3 is 2.89 bits per heavy atom. The SMILES string of the molecule is COc1ccc(C)cc1NCC(O)COCC1CC1. The lowest BCUT2D eigenvalue weighted by molar-refractivity contribution is 0.0386. The van der Waals surface area contributed by atoms with Gasteiger partial charge >= 0.3 is 0 Å². The highest BCUT2D eigenvalue weighted by Crippen LogP contribution is 2.28. The minimum absolute atomic E-state index is 0.387. The van der Waals surface area contributed by atoms with E-state index in [2.05, 4.69) is 5.32 Å². The zero-order valence-electron chi connectivity index (χ0n) is 11.7. The maximum Gasteiger partial charge on any atom is 0.141 e. The second-order valence-electron chi connectivity index (χ2n) is 5.22. The van der Waals surface area contributed by atoms with E-state index in [9.17, 15) is 5.11 Å². The van der Waals surface area contributed by atoms with Crippen LogP contribution in [-0.4, -0.2) is 38.1 Å². The highest BCUT2D eigenvalue weighted by atomic mass is 16.5. The summed E-state index contributed by atoms with van der Waals surface area (Å²) < 4.78 is 10.7. The van der Waals surface area contributed by atoms with Gasteiger partial charge in [0.2, 0.25) is 0 Å². The van der Waals surface area contributed by atoms with E-state index in [1.807, 2.05) is 25.1 Å². The normalized spacial score (nSPS) is 16.2. The monoisotopic (exact) mass is 265 g/mol. The lowest BCUT2D eigenvalue weighted by Gasteiger charge is -2.15. The summed E-state index contributed by atoms with van der Waals surface area (Å²) in [5.74, 6) is 1.52. The predicted molar refractivity (Wildman–Crippen MR) is 75.8 cm³/mol. The molecule has 2 rings (SSSR count). The van der Waals surface area contributed by atoms with E-state index < -0.39 is 6.10 Å². The van der Waals surface area contributed by atoms with Crippen molar-refractivity contribution in [1.82, 2.24) is 0 Å². The Labute approximate surface area is 114 Å². The summed E-state index contributed by atoms with van der Waals surface area (Å²) in [5, 5.41) is 13.1. The van der Waals surface area contributed by atoms with E-state index in [0.717, 1.165) is 29.5 Å². The smallest absolute Gasteiger partial charge is 0.141 e. The van der Waals surface area contributed by atoms with Gasteiger partial charge in [0.15, 0.2) is 0 Å². The Hall–Kier alpha value is -1.26. The van der Waals surface area contributed by atoms with Gasteiger partial charge in [-0.3, -0.25) is 0 Å². The zero-order chi connectivity index (χ0) is 13.7. The molecule has 4 nitrogen and oxygen atoms in total. The van der Waals surface area contributed by atoms with Crippen LogP contribution in [0.2, 0.25) is 0 Å². The Morgan fingerprint density at radius 1 is 1.42 bits per heavy atom. The molecule has 1 saturated carbocycles. The Morgan fingerprint density at radius 2 is 2.21 bits per heavy atom. The number of nitrogens with one attached hydrogen (secondary N) is 1. The molecule has 1 aliphatic rings. The van der Waals surface area contributed by atoms with Gasteiger partial charge in [-0.25, -0.2) is 0 Å². The number of methoxy groups -OCH3 is 1. The molecule has 1 aromatic rings. The molecule has 0 aromatic heterocycles. The first-order valence-corrected chi connectivity index (χ1v) is 6.83. The lowest BCUT2D eigenvalue weighted by Crippen LogP contribution is -2.25. The van der Waals surface area contributed by atoms with Gasteiger partial charge in [0.05, 0.1) is 25.5 Å². The van der Waals surface area contributed by atoms with Crippen molar-refractivity contribution in [3.63, 3.8) is 0 Å². The number of anilines is 1. The number of aliphatic hydroxyl groups is 1. The third-order valence-corrected chi connectivity index (χ3v) is 3.24. The highest BCUT2D eigenvalue weighted by molar-refractivity contribution is 5.58. The number of hydrogen-bond donors (Lipinski definition) is 2. The van der Waals surface area contributed by atoms with Gasteiger partial charge in [0.25, 0.3) is 0 Å². The second kappa shape index (κ2) is 6.78. The van der Waals surface area contributed by atoms with Crippen molar-refractivity contribution < 1.29 is 14.6 Å². The van der Waals surface area contributed by atoms with Gasteiger partial charge in [-0.2, -0.15) is 0 Å². The molecule has 0 saturated heterocycles. The first-order chi connectivity index (χ1) is 9.19. The predicted octanol–water partition coefficient (Wildman–Crippen LogP) is 2.20. The average Bonchev–Trinajstić information content (AvgIpc) is 3.20. The summed E-state index contributed by atoms with van der Waals surface area (Å²) in [4.78, 5) is 0. The maximum atomic E-state index is 9.85. The molecule has 1 aromatic carbocycles. The molecular formula is C15H23NO3. The van der Waals surface area contributed by atoms with Crippen LogP contribution in [0.3, 0.4) is 0 Å². The second-order valence-corrected chi connectivity index (χ2v) is 5.22. The summed E-state index contributed by atoms with van der Waals surface area (Å²) in [6, 6.07) is 5.93. The van der Waals surface area contributed by atoms with Gasteiger partial charge in [-0.15, -0.1) is 0 Å². The summed E-state index contributed by atoms with van der Waals surface area (Å²) in [7, 11) is 1.64. The van der Waals surface area contributed by atoms with Crippen molar-refractivity contribution in [2.24, 2.45) is 5.92 Å². The average molecular weight is 265 g/mol. The van der Waals surface area contributed by atoms with Crippen LogP contribution in [0.5, 0.6) is 5.75 Å². The number of hydrogen-bond acceptors (Lipinski definition) is 4. The number of aliphatic hydroxyl groups excluding tert-OH is 1. The van der Waals surface area contributed by atoms with Crippen molar-refractivity contribution in [2.45, 2.75) is 25.9 Å². The fourth-order valence-electron chi connectivity index (χ4n) is 1.90. The molecule has 0 bridgehead atoms. The maximum absolute atomic E-state index is 9.85. The Bertz CT molecular complexity index is 404. The molecule has 1 aliphatic carbocycles. The van der Waals surface area contributed by atoms with Gasteiger partial charge in [-0.05, 0) is 43.4 Å². The fraction of sp³-hybridized carbons (Fsp3) is 0.600. The standard InChI is InChI=1S/C15H23NO3/c1-11-3-6-15(18-2)14(7-11)16-8-13(17)10-19-9-12-4-5-12/h3,6-7,12-13,16-17H,4-5,8-10H2,1-2H3. The molecule has 0 amide bonds. The van der Waals surface area contributed by atoms with E-state index >= 15 is 0 Å². The van der Waals surface area contributed by atoms with Crippen molar-refractivity contribution >= 4 is 5.69 Å². The first kappa shape index (κ1) is 14.2. The van der Waals surface area contributed by atoms with Crippen LogP contribution in [0.25, 0.3) is 0 Å². The molecule has 1 unspecified atom stereocenters. The van der Waals surface area contributed by atoms with Crippen LogP contribution >= 0.6 is 0 Å². The number of aryl methyl sites for hydroxylation is 1. The molecule has 1 fully saturated rings. The summed E-state index contributed by atoms with van der Waals surface area (Å²) in [6.07, 6.45) is 2.05. The molecule has 1 atom stereocenters. The molecule has 19 heavy (non-hydrogen) atoms. The van der Waals surface area contributed by atoms with Crippen molar-refractivity contribution in [3.05, 3.63) is 23.8 Å². The summed E-state index contributed by atoms with van der Waals surface area (Å²) in [6.45, 7) is 3.66. The van der Waals surface area contributed by atoms with E-state index in [1.54, 1.807) is 7.11 Å². The molecule has 0 heterocycles. The molecule has 0 radical (unpaired) electrons. The summed E-state index contributed by atoms with van der Waals surface area (Å²) >= 11 is 0. The van der Waals surface area contributed by atoms with Gasteiger partial charge in [0, 0.05) is 13.2 Å². The molecule has 106 valence electrons. The van der Waals surface area contributed by atoms with Crippen molar-refractivity contribution in [3.8, 4) is 5.75 Å². The number of rotatable bonds is 8. The molecular weight excluding hydrogens is 242 g/mol. The van der Waals surface area contributed by atoms with Crippen molar-refractivity contribution in [1.29, 1.82) is 0 Å². The van der Waals surface area contributed by atoms with Gasteiger partial charge in [-0.1, -0.05) is 6.07 Å². The summed E-state index contributed by atoms with van der Waals surface area (Å²) in [5.41, 5.74) is 2.06. The van der Waals surface area contributed by atoms with Crippen LogP contribution in [0.15, 0.2) is 18.2 Å². The molecule has 0 spiro atoms. The van der Waals surface area contributed by atoms with Crippen LogP contribution in [0.4, 0.5) is 5.69 Å². The van der Waals surface area contributed by atoms with E-state index in [1.165, 1.54) is 12.8 Å². The van der Waals surface area contributed by atoms with Crippen molar-refractivity contribution in [2.75, 3.05) is 32.2 Å². The zero-order valence-corrected chi connectivity index (χ0v) is 11.7. The Balaban J connectivity index is 1.75. The van der Waals surface area contributed by atoms with Crippen LogP contribution in [-0.2, 0) is 4.74 Å². The third-order valence-electron chi connectivity index (χ3n) is 3.24.